The Hall–Kier alpha value is -2.32. The molecule has 4 rings (SSSR count). The van der Waals surface area contributed by atoms with Crippen LogP contribution in [0.1, 0.15) is 69.3 Å². The van der Waals surface area contributed by atoms with Gasteiger partial charge in [-0.25, -0.2) is 0 Å². The Morgan fingerprint density at radius 2 is 1.86 bits per heavy atom. The molecule has 0 radical (unpaired) electrons. The van der Waals surface area contributed by atoms with Crippen LogP contribution in [0.25, 0.3) is 11.0 Å². The zero-order valence-electron chi connectivity index (χ0n) is 17.3. The van der Waals surface area contributed by atoms with Gasteiger partial charge in [-0.1, -0.05) is 50.3 Å². The molecule has 2 aliphatic rings. The first-order valence-electron chi connectivity index (χ1n) is 11.0. The second-order valence-electron chi connectivity index (χ2n) is 8.40. The third kappa shape index (κ3) is 6.33. The number of nitrogens with two attached hydrogens (primary N) is 1. The van der Waals surface area contributed by atoms with Gasteiger partial charge in [0.2, 0.25) is 5.91 Å². The van der Waals surface area contributed by atoms with Crippen LogP contribution in [0, 0.1) is 17.2 Å². The van der Waals surface area contributed by atoms with Crippen LogP contribution in [0.15, 0.2) is 34.9 Å². The number of piperidine rings is 1. The molecule has 0 unspecified atom stereocenters. The molecule has 2 N–H and O–H groups in total. The van der Waals surface area contributed by atoms with Gasteiger partial charge in [-0.15, -0.1) is 0 Å². The standard InChI is InChI=1S/C21H29NO.C3H4N2O/c1-2-6-17(7-3-1)10-13-22-14-11-18(12-15-22)20-16-23-21-9-5-4-8-19(20)21;4-2-1-3(5)6/h4-5,8-9,16-18H,1-3,6-7,10-15H2;1H2,(H2,5,6). The maximum atomic E-state index is 9.60. The minimum absolute atomic E-state index is 0.181. The fourth-order valence-corrected chi connectivity index (χ4v) is 4.70. The van der Waals surface area contributed by atoms with Crippen molar-refractivity contribution in [1.29, 1.82) is 5.26 Å². The third-order valence-corrected chi connectivity index (χ3v) is 6.37. The Morgan fingerprint density at radius 1 is 1.14 bits per heavy atom. The smallest absolute Gasteiger partial charge is 0.231 e. The van der Waals surface area contributed by atoms with Gasteiger partial charge >= 0.3 is 0 Å². The molecule has 1 aliphatic carbocycles. The highest BCUT2D eigenvalue weighted by Gasteiger charge is 2.24. The maximum Gasteiger partial charge on any atom is 0.231 e. The van der Waals surface area contributed by atoms with Crippen molar-refractivity contribution in [2.45, 2.75) is 63.7 Å². The lowest BCUT2D eigenvalue weighted by Gasteiger charge is -2.33. The predicted octanol–water partition coefficient (Wildman–Crippen LogP) is 4.97. The fourth-order valence-electron chi connectivity index (χ4n) is 4.70. The molecule has 2 aromatic rings. The lowest BCUT2D eigenvalue weighted by atomic mass is 9.86. The molecule has 5 heteroatoms. The number of likely N-dealkylation sites (tertiary alicyclic amines) is 1. The topological polar surface area (TPSA) is 83.3 Å². The number of rotatable bonds is 5. The summed E-state index contributed by atoms with van der Waals surface area (Å²) in [7, 11) is 0. The molecule has 2 heterocycles. The summed E-state index contributed by atoms with van der Waals surface area (Å²) >= 11 is 0. The minimum atomic E-state index is -0.572. The summed E-state index contributed by atoms with van der Waals surface area (Å²) in [6.45, 7) is 3.84. The van der Waals surface area contributed by atoms with Crippen molar-refractivity contribution >= 4 is 16.9 Å². The van der Waals surface area contributed by atoms with Crippen molar-refractivity contribution in [3.05, 3.63) is 36.1 Å². The van der Waals surface area contributed by atoms with E-state index in [1.54, 1.807) is 6.07 Å². The van der Waals surface area contributed by atoms with E-state index in [9.17, 15) is 4.79 Å². The summed E-state index contributed by atoms with van der Waals surface area (Å²) in [5.41, 5.74) is 7.02. The van der Waals surface area contributed by atoms with Gasteiger partial charge in [-0.05, 0) is 56.8 Å². The summed E-state index contributed by atoms with van der Waals surface area (Å²) in [6.07, 6.45) is 13.2. The van der Waals surface area contributed by atoms with Gasteiger partial charge in [-0.2, -0.15) is 5.26 Å². The van der Waals surface area contributed by atoms with Gasteiger partial charge < -0.3 is 15.1 Å². The average molecular weight is 396 g/mol. The van der Waals surface area contributed by atoms with Crippen LogP contribution >= 0.6 is 0 Å². The maximum absolute atomic E-state index is 9.60. The molecule has 2 fully saturated rings. The molecule has 0 spiro atoms. The lowest BCUT2D eigenvalue weighted by molar-refractivity contribution is -0.117. The fraction of sp³-hybridized carbons (Fsp3) is 0.583. The molecule has 1 aliphatic heterocycles. The molecule has 1 saturated heterocycles. The number of hydrogen-bond donors (Lipinski definition) is 1. The Labute approximate surface area is 173 Å². The van der Waals surface area contributed by atoms with Crippen molar-refractivity contribution < 1.29 is 9.21 Å². The summed E-state index contributed by atoms with van der Waals surface area (Å²) < 4.78 is 5.74. The van der Waals surface area contributed by atoms with Crippen LogP contribution in [-0.2, 0) is 4.79 Å². The van der Waals surface area contributed by atoms with Crippen LogP contribution in [-0.4, -0.2) is 30.4 Å². The van der Waals surface area contributed by atoms with Gasteiger partial charge in [0.25, 0.3) is 0 Å². The van der Waals surface area contributed by atoms with Crippen LogP contribution in [0.4, 0.5) is 0 Å². The Bertz CT molecular complexity index is 809. The highest BCUT2D eigenvalue weighted by atomic mass is 16.3. The molecule has 0 bridgehead atoms. The number of nitriles is 1. The van der Waals surface area contributed by atoms with E-state index in [0.717, 1.165) is 11.5 Å². The number of fused-ring (bicyclic) bond motifs is 1. The molecule has 1 aromatic heterocycles. The first-order chi connectivity index (χ1) is 14.2. The number of carbonyl (C=O) groups is 1. The highest BCUT2D eigenvalue weighted by molar-refractivity contribution is 5.81. The molecular formula is C24H33N3O2. The summed E-state index contributed by atoms with van der Waals surface area (Å²) in [5, 5.41) is 9.01. The van der Waals surface area contributed by atoms with E-state index >= 15 is 0 Å². The third-order valence-electron chi connectivity index (χ3n) is 6.37. The van der Waals surface area contributed by atoms with E-state index in [2.05, 4.69) is 34.9 Å². The second-order valence-corrected chi connectivity index (χ2v) is 8.40. The molecular weight excluding hydrogens is 362 g/mol. The molecule has 1 amide bonds. The molecule has 1 aromatic carbocycles. The van der Waals surface area contributed by atoms with Gasteiger partial charge in [0.15, 0.2) is 0 Å². The molecule has 29 heavy (non-hydrogen) atoms. The Kier molecular flexibility index (Phi) is 8.13. The number of primary amides is 1. The van der Waals surface area contributed by atoms with Crippen molar-refractivity contribution in [3.63, 3.8) is 0 Å². The molecule has 1 saturated carbocycles. The van der Waals surface area contributed by atoms with Crippen LogP contribution in [0.3, 0.4) is 0 Å². The van der Waals surface area contributed by atoms with E-state index in [1.165, 1.54) is 82.0 Å². The molecule has 0 atom stereocenters. The van der Waals surface area contributed by atoms with Crippen molar-refractivity contribution in [2.75, 3.05) is 19.6 Å². The van der Waals surface area contributed by atoms with E-state index in [-0.39, 0.29) is 6.42 Å². The minimum Gasteiger partial charge on any atom is -0.464 e. The van der Waals surface area contributed by atoms with Crippen molar-refractivity contribution in [3.8, 4) is 6.07 Å². The van der Waals surface area contributed by atoms with Gasteiger partial charge in [0.1, 0.15) is 12.0 Å². The second kappa shape index (κ2) is 11.0. The highest BCUT2D eigenvalue weighted by Crippen LogP contribution is 2.34. The number of carbonyl (C=O) groups excluding carboxylic acids is 1. The van der Waals surface area contributed by atoms with Gasteiger partial charge in [0.05, 0.1) is 12.3 Å². The zero-order valence-corrected chi connectivity index (χ0v) is 17.3. The SMILES string of the molecule is N#CCC(N)=O.c1ccc2c(C3CCN(CCC4CCCCC4)CC3)coc2c1. The van der Waals surface area contributed by atoms with Crippen LogP contribution in [0.2, 0.25) is 0 Å². The number of nitrogens with zero attached hydrogens (tertiary/aromatic N) is 2. The number of hydrogen-bond acceptors (Lipinski definition) is 4. The van der Waals surface area contributed by atoms with Crippen molar-refractivity contribution in [2.24, 2.45) is 11.7 Å². The van der Waals surface area contributed by atoms with Crippen LogP contribution < -0.4 is 5.73 Å². The lowest BCUT2D eigenvalue weighted by Crippen LogP contribution is -2.34. The van der Waals surface area contributed by atoms with Crippen LogP contribution in [0.5, 0.6) is 0 Å². The number of amides is 1. The summed E-state index contributed by atoms with van der Waals surface area (Å²) in [6, 6.07) is 10.1. The van der Waals surface area contributed by atoms with E-state index in [1.807, 2.05) is 6.26 Å². The molecule has 156 valence electrons. The quantitative estimate of drug-likeness (QED) is 0.775. The first kappa shape index (κ1) is 21.4. The normalized spacial score (nSPS) is 18.7. The van der Waals surface area contributed by atoms with E-state index < -0.39 is 5.91 Å². The summed E-state index contributed by atoms with van der Waals surface area (Å²) in [4.78, 5) is 12.3. The van der Waals surface area contributed by atoms with E-state index in [0.29, 0.717) is 5.92 Å². The number of benzene rings is 1. The first-order valence-corrected chi connectivity index (χ1v) is 11.0. The van der Waals surface area contributed by atoms with E-state index in [4.69, 9.17) is 9.68 Å². The van der Waals surface area contributed by atoms with Crippen molar-refractivity contribution in [1.82, 2.24) is 4.90 Å². The summed E-state index contributed by atoms with van der Waals surface area (Å²) in [5.74, 6) is 1.13. The Balaban J connectivity index is 0.000000353. The monoisotopic (exact) mass is 395 g/mol. The number of para-hydroxylation sites is 1. The largest absolute Gasteiger partial charge is 0.464 e. The predicted molar refractivity (Wildman–Crippen MR) is 115 cm³/mol. The average Bonchev–Trinajstić information content (AvgIpc) is 3.18. The zero-order chi connectivity index (χ0) is 20.5. The van der Waals surface area contributed by atoms with Gasteiger partial charge in [-0.3, -0.25) is 4.79 Å². The Morgan fingerprint density at radius 3 is 2.52 bits per heavy atom. The number of furan rings is 1. The molecule has 5 nitrogen and oxygen atoms in total. The van der Waals surface area contributed by atoms with Gasteiger partial charge in [0, 0.05) is 10.9 Å².